The van der Waals surface area contributed by atoms with Crippen LogP contribution in [0.3, 0.4) is 0 Å². The van der Waals surface area contributed by atoms with Crippen LogP contribution in [-0.4, -0.2) is 36.4 Å². The van der Waals surface area contributed by atoms with Crippen molar-refractivity contribution in [3.8, 4) is 0 Å². The third-order valence-corrected chi connectivity index (χ3v) is 5.80. The number of amides is 1. The van der Waals surface area contributed by atoms with Crippen molar-refractivity contribution in [3.63, 3.8) is 0 Å². The number of anilines is 1. The summed E-state index contributed by atoms with van der Waals surface area (Å²) in [6.07, 6.45) is 0. The maximum absolute atomic E-state index is 13.3. The lowest BCUT2D eigenvalue weighted by molar-refractivity contribution is -0.384. The number of carbonyl (C=O) groups is 1. The van der Waals surface area contributed by atoms with Gasteiger partial charge in [0.25, 0.3) is 5.69 Å². The van der Waals surface area contributed by atoms with Crippen LogP contribution in [0.4, 0.5) is 11.4 Å². The maximum atomic E-state index is 13.3. The molecular weight excluding hydrogens is 472 g/mol. The average Bonchev–Trinajstić information content (AvgIpc) is 2.78. The molecule has 0 heterocycles. The van der Waals surface area contributed by atoms with Crippen molar-refractivity contribution >= 4 is 33.2 Å². The van der Waals surface area contributed by atoms with Gasteiger partial charge in [-0.05, 0) is 47.2 Å². The Kier molecular flexibility index (Phi) is 8.10. The Balaban J connectivity index is 1.82. The molecular formula is C24H25BrN4O3. The summed E-state index contributed by atoms with van der Waals surface area (Å²) in [5, 5.41) is 17.3. The Morgan fingerprint density at radius 1 is 1.00 bits per heavy atom. The summed E-state index contributed by atoms with van der Waals surface area (Å²) in [7, 11) is 4.01. The molecule has 0 aliphatic carbocycles. The Bertz CT molecular complexity index is 1060. The number of nitro groups is 1. The van der Waals surface area contributed by atoms with E-state index in [-0.39, 0.29) is 17.6 Å². The standard InChI is InChI=1S/C24H25BrN4O3/c1-28(2)22(17-9-5-3-6-10-17)16-26-23(18-11-7-4-8-12-18)24(30)27-21-14-13-19(29(31)32)15-20(21)25/h3-15,22-23,26H,16H2,1-2H3,(H,27,30)/t22-,23-/m1/s1. The van der Waals surface area contributed by atoms with E-state index in [0.717, 1.165) is 11.1 Å². The molecule has 0 saturated heterocycles. The summed E-state index contributed by atoms with van der Waals surface area (Å²) in [6, 6.07) is 23.3. The number of benzene rings is 3. The van der Waals surface area contributed by atoms with E-state index in [1.807, 2.05) is 62.6 Å². The number of halogens is 1. The third-order valence-electron chi connectivity index (χ3n) is 5.14. The quantitative estimate of drug-likeness (QED) is 0.324. The molecule has 1 amide bonds. The van der Waals surface area contributed by atoms with Crippen molar-refractivity contribution in [2.24, 2.45) is 0 Å². The van der Waals surface area contributed by atoms with Gasteiger partial charge in [-0.25, -0.2) is 0 Å². The average molecular weight is 497 g/mol. The number of hydrogen-bond acceptors (Lipinski definition) is 5. The minimum Gasteiger partial charge on any atom is -0.323 e. The number of nitrogens with one attached hydrogen (secondary N) is 2. The first-order valence-corrected chi connectivity index (χ1v) is 10.9. The van der Waals surface area contributed by atoms with E-state index < -0.39 is 11.0 Å². The number of hydrogen-bond donors (Lipinski definition) is 2. The molecule has 2 N–H and O–H groups in total. The van der Waals surface area contributed by atoms with Crippen LogP contribution in [0.25, 0.3) is 0 Å². The maximum Gasteiger partial charge on any atom is 0.270 e. The van der Waals surface area contributed by atoms with Gasteiger partial charge in [0.2, 0.25) is 5.91 Å². The van der Waals surface area contributed by atoms with E-state index in [4.69, 9.17) is 0 Å². The van der Waals surface area contributed by atoms with Gasteiger partial charge >= 0.3 is 0 Å². The highest BCUT2D eigenvalue weighted by Crippen LogP contribution is 2.28. The smallest absolute Gasteiger partial charge is 0.270 e. The highest BCUT2D eigenvalue weighted by atomic mass is 79.9. The number of nitrogens with zero attached hydrogens (tertiary/aromatic N) is 2. The molecule has 3 rings (SSSR count). The van der Waals surface area contributed by atoms with Gasteiger partial charge in [0.1, 0.15) is 6.04 Å². The minimum absolute atomic E-state index is 0.0516. The first-order valence-electron chi connectivity index (χ1n) is 10.1. The molecule has 7 nitrogen and oxygen atoms in total. The lowest BCUT2D eigenvalue weighted by atomic mass is 10.0. The van der Waals surface area contributed by atoms with Crippen molar-refractivity contribution in [1.29, 1.82) is 0 Å². The molecule has 0 aliphatic rings. The van der Waals surface area contributed by atoms with E-state index in [9.17, 15) is 14.9 Å². The minimum atomic E-state index is -0.607. The lowest BCUT2D eigenvalue weighted by Gasteiger charge is -2.28. The van der Waals surface area contributed by atoms with E-state index in [1.54, 1.807) is 0 Å². The van der Waals surface area contributed by atoms with Crippen molar-refractivity contribution in [2.45, 2.75) is 12.1 Å². The van der Waals surface area contributed by atoms with Crippen LogP contribution in [0.5, 0.6) is 0 Å². The second-order valence-electron chi connectivity index (χ2n) is 7.55. The summed E-state index contributed by atoms with van der Waals surface area (Å²) < 4.78 is 0.447. The van der Waals surface area contributed by atoms with Gasteiger partial charge in [0.15, 0.2) is 0 Å². The second kappa shape index (κ2) is 11.0. The molecule has 3 aromatic rings. The van der Waals surface area contributed by atoms with E-state index in [1.165, 1.54) is 18.2 Å². The van der Waals surface area contributed by atoms with Crippen molar-refractivity contribution in [1.82, 2.24) is 10.2 Å². The molecule has 0 saturated carbocycles. The van der Waals surface area contributed by atoms with Crippen molar-refractivity contribution in [2.75, 3.05) is 26.0 Å². The number of likely N-dealkylation sites (N-methyl/N-ethyl adjacent to an activating group) is 1. The Morgan fingerprint density at radius 3 is 2.12 bits per heavy atom. The van der Waals surface area contributed by atoms with Crippen molar-refractivity contribution < 1.29 is 9.72 Å². The third kappa shape index (κ3) is 6.00. The molecule has 0 aliphatic heterocycles. The highest BCUT2D eigenvalue weighted by Gasteiger charge is 2.24. The SMILES string of the molecule is CN(C)[C@H](CN[C@@H](C(=O)Nc1ccc([N+](=O)[O-])cc1Br)c1ccccc1)c1ccccc1. The molecule has 32 heavy (non-hydrogen) atoms. The van der Waals surface area contributed by atoms with Gasteiger partial charge in [-0.1, -0.05) is 60.7 Å². The van der Waals surface area contributed by atoms with Gasteiger partial charge in [-0.3, -0.25) is 14.9 Å². The molecule has 0 unspecified atom stereocenters. The number of rotatable bonds is 9. The molecule has 0 radical (unpaired) electrons. The highest BCUT2D eigenvalue weighted by molar-refractivity contribution is 9.10. The largest absolute Gasteiger partial charge is 0.323 e. The second-order valence-corrected chi connectivity index (χ2v) is 8.41. The Hall–Kier alpha value is -3.07. The van der Waals surface area contributed by atoms with Gasteiger partial charge < -0.3 is 15.5 Å². The van der Waals surface area contributed by atoms with Crippen LogP contribution in [0.1, 0.15) is 23.2 Å². The Labute approximate surface area is 195 Å². The zero-order valence-electron chi connectivity index (χ0n) is 17.9. The van der Waals surface area contributed by atoms with Gasteiger partial charge in [-0.2, -0.15) is 0 Å². The van der Waals surface area contributed by atoms with Crippen molar-refractivity contribution in [3.05, 3.63) is 105 Å². The first-order chi connectivity index (χ1) is 15.4. The van der Waals surface area contributed by atoms with Crippen LogP contribution in [0.2, 0.25) is 0 Å². The van der Waals surface area contributed by atoms with Gasteiger partial charge in [0, 0.05) is 29.2 Å². The summed E-state index contributed by atoms with van der Waals surface area (Å²) >= 11 is 3.31. The van der Waals surface area contributed by atoms with Crippen LogP contribution in [0, 0.1) is 10.1 Å². The number of nitro benzene ring substituents is 1. The predicted octanol–water partition coefficient (Wildman–Crippen LogP) is 4.93. The predicted molar refractivity (Wildman–Crippen MR) is 129 cm³/mol. The molecule has 0 spiro atoms. The fourth-order valence-electron chi connectivity index (χ4n) is 3.43. The molecule has 3 aromatic carbocycles. The van der Waals surface area contributed by atoms with E-state index >= 15 is 0 Å². The number of non-ortho nitro benzene ring substituents is 1. The molecule has 0 aromatic heterocycles. The zero-order valence-corrected chi connectivity index (χ0v) is 19.5. The molecule has 166 valence electrons. The van der Waals surface area contributed by atoms with Crippen LogP contribution in [0.15, 0.2) is 83.3 Å². The van der Waals surface area contributed by atoms with Crippen LogP contribution >= 0.6 is 15.9 Å². The fourth-order valence-corrected chi connectivity index (χ4v) is 3.90. The summed E-state index contributed by atoms with van der Waals surface area (Å²) in [5.41, 5.74) is 2.39. The molecule has 8 heteroatoms. The van der Waals surface area contributed by atoms with Crippen LogP contribution in [-0.2, 0) is 4.79 Å². The fraction of sp³-hybridized carbons (Fsp3) is 0.208. The number of carbonyl (C=O) groups excluding carboxylic acids is 1. The summed E-state index contributed by atoms with van der Waals surface area (Å²) in [6.45, 7) is 0.547. The monoisotopic (exact) mass is 496 g/mol. The topological polar surface area (TPSA) is 87.5 Å². The normalized spacial score (nSPS) is 12.9. The first kappa shape index (κ1) is 23.6. The van der Waals surface area contributed by atoms with E-state index in [2.05, 4.69) is 43.6 Å². The molecule has 0 bridgehead atoms. The Morgan fingerprint density at radius 2 is 1.59 bits per heavy atom. The zero-order chi connectivity index (χ0) is 23.1. The molecule has 0 fully saturated rings. The van der Waals surface area contributed by atoms with Gasteiger partial charge in [0.05, 0.1) is 10.6 Å². The van der Waals surface area contributed by atoms with E-state index in [0.29, 0.717) is 16.7 Å². The van der Waals surface area contributed by atoms with Crippen LogP contribution < -0.4 is 10.6 Å². The lowest BCUT2D eigenvalue weighted by Crippen LogP contribution is -2.38. The summed E-state index contributed by atoms with van der Waals surface area (Å²) in [5.74, 6) is -0.253. The van der Waals surface area contributed by atoms with Gasteiger partial charge in [-0.15, -0.1) is 0 Å². The molecule has 2 atom stereocenters. The summed E-state index contributed by atoms with van der Waals surface area (Å²) in [4.78, 5) is 25.9.